The first-order valence-corrected chi connectivity index (χ1v) is 7.08. The Balaban J connectivity index is 2.31. The molecular weight excluding hydrogens is 246 g/mol. The highest BCUT2D eigenvalue weighted by molar-refractivity contribution is 7.16. The van der Waals surface area contributed by atoms with Gasteiger partial charge in [0.2, 0.25) is 4.96 Å². The van der Waals surface area contributed by atoms with Crippen LogP contribution < -0.4 is 5.73 Å². The molecule has 6 heteroatoms. The molecule has 2 aromatic rings. The molecule has 0 radical (unpaired) electrons. The lowest BCUT2D eigenvalue weighted by Gasteiger charge is -2.14. The molecule has 2 aromatic heterocycles. The molecule has 0 saturated heterocycles. The molecule has 0 saturated carbocycles. The summed E-state index contributed by atoms with van der Waals surface area (Å²) in [5.41, 5.74) is 6.03. The van der Waals surface area contributed by atoms with Crippen molar-refractivity contribution >= 4 is 16.3 Å². The number of hydrogen-bond acceptors (Lipinski definition) is 5. The molecule has 0 aromatic carbocycles. The van der Waals surface area contributed by atoms with Crippen LogP contribution in [0.1, 0.15) is 45.5 Å². The van der Waals surface area contributed by atoms with Gasteiger partial charge in [-0.3, -0.25) is 0 Å². The van der Waals surface area contributed by atoms with Gasteiger partial charge in [0, 0.05) is 17.9 Å². The molecule has 1 unspecified atom stereocenters. The van der Waals surface area contributed by atoms with Crippen LogP contribution in [0.3, 0.4) is 0 Å². The molecule has 100 valence electrons. The van der Waals surface area contributed by atoms with Gasteiger partial charge in [0.1, 0.15) is 5.01 Å². The number of nitrogens with zero attached hydrogens (tertiary/aromatic N) is 4. The number of fused-ring (bicyclic) bond motifs is 1. The van der Waals surface area contributed by atoms with Gasteiger partial charge in [-0.25, -0.2) is 0 Å². The van der Waals surface area contributed by atoms with E-state index in [0.717, 1.165) is 22.2 Å². The molecule has 0 spiro atoms. The van der Waals surface area contributed by atoms with Gasteiger partial charge in [0.05, 0.1) is 0 Å². The zero-order chi connectivity index (χ0) is 13.5. The first-order chi connectivity index (χ1) is 8.29. The van der Waals surface area contributed by atoms with Gasteiger partial charge in [-0.05, 0) is 5.92 Å². The summed E-state index contributed by atoms with van der Waals surface area (Å²) in [5.74, 6) is 1.36. The normalized spacial score (nSPS) is 14.6. The summed E-state index contributed by atoms with van der Waals surface area (Å²) in [4.78, 5) is 0.853. The van der Waals surface area contributed by atoms with E-state index in [2.05, 4.69) is 49.9 Å². The van der Waals surface area contributed by atoms with Gasteiger partial charge in [-0.2, -0.15) is 9.61 Å². The Labute approximate surface area is 111 Å². The highest BCUT2D eigenvalue weighted by Gasteiger charge is 2.23. The van der Waals surface area contributed by atoms with E-state index in [1.807, 2.05) is 4.52 Å². The lowest BCUT2D eigenvalue weighted by molar-refractivity contribution is 0.485. The van der Waals surface area contributed by atoms with Crippen LogP contribution in [0.15, 0.2) is 0 Å². The molecule has 1 atom stereocenters. The van der Waals surface area contributed by atoms with E-state index >= 15 is 0 Å². The standard InChI is InChI=1S/C12H21N5S/c1-7(2)8(13)6-9-16-17-10(12(3,4)5)14-15-11(17)18-9/h7-8H,6,13H2,1-5H3. The van der Waals surface area contributed by atoms with Gasteiger partial charge in [-0.15, -0.1) is 10.2 Å². The summed E-state index contributed by atoms with van der Waals surface area (Å²) >= 11 is 1.58. The van der Waals surface area contributed by atoms with Crippen LogP contribution in [0, 0.1) is 5.92 Å². The van der Waals surface area contributed by atoms with Gasteiger partial charge in [0.25, 0.3) is 0 Å². The molecule has 0 aliphatic heterocycles. The van der Waals surface area contributed by atoms with Crippen molar-refractivity contribution in [2.45, 2.75) is 52.5 Å². The van der Waals surface area contributed by atoms with E-state index in [1.54, 1.807) is 11.3 Å². The minimum absolute atomic E-state index is 0.0507. The van der Waals surface area contributed by atoms with E-state index in [1.165, 1.54) is 0 Å². The van der Waals surface area contributed by atoms with Crippen molar-refractivity contribution in [1.29, 1.82) is 0 Å². The van der Waals surface area contributed by atoms with E-state index in [-0.39, 0.29) is 11.5 Å². The van der Waals surface area contributed by atoms with Crippen molar-refractivity contribution in [3.8, 4) is 0 Å². The first kappa shape index (κ1) is 13.4. The second-order valence-corrected chi connectivity index (χ2v) is 7.12. The molecule has 18 heavy (non-hydrogen) atoms. The Morgan fingerprint density at radius 3 is 2.50 bits per heavy atom. The second kappa shape index (κ2) is 4.59. The lowest BCUT2D eigenvalue weighted by Crippen LogP contribution is -2.28. The quantitative estimate of drug-likeness (QED) is 0.923. The minimum atomic E-state index is -0.0507. The minimum Gasteiger partial charge on any atom is -0.327 e. The van der Waals surface area contributed by atoms with E-state index in [0.29, 0.717) is 5.92 Å². The summed E-state index contributed by atoms with van der Waals surface area (Å²) in [6.07, 6.45) is 0.801. The van der Waals surface area contributed by atoms with Crippen molar-refractivity contribution in [2.75, 3.05) is 0 Å². The molecule has 5 nitrogen and oxygen atoms in total. The number of hydrogen-bond donors (Lipinski definition) is 1. The topological polar surface area (TPSA) is 69.1 Å². The van der Waals surface area contributed by atoms with Crippen molar-refractivity contribution in [3.05, 3.63) is 10.8 Å². The number of rotatable bonds is 3. The van der Waals surface area contributed by atoms with Crippen LogP contribution in [-0.2, 0) is 11.8 Å². The third-order valence-corrected chi connectivity index (χ3v) is 3.89. The van der Waals surface area contributed by atoms with E-state index in [4.69, 9.17) is 5.73 Å². The van der Waals surface area contributed by atoms with Gasteiger partial charge >= 0.3 is 0 Å². The molecule has 0 amide bonds. The monoisotopic (exact) mass is 267 g/mol. The summed E-state index contributed by atoms with van der Waals surface area (Å²) in [6, 6.07) is 0.145. The maximum Gasteiger partial charge on any atom is 0.234 e. The largest absolute Gasteiger partial charge is 0.327 e. The highest BCUT2D eigenvalue weighted by Crippen LogP contribution is 2.24. The fourth-order valence-electron chi connectivity index (χ4n) is 1.64. The summed E-state index contributed by atoms with van der Waals surface area (Å²) in [5, 5.41) is 14.0. The van der Waals surface area contributed by atoms with Gasteiger partial charge in [-0.1, -0.05) is 46.0 Å². The van der Waals surface area contributed by atoms with Crippen molar-refractivity contribution in [1.82, 2.24) is 19.8 Å². The second-order valence-electron chi connectivity index (χ2n) is 6.08. The van der Waals surface area contributed by atoms with Crippen LogP contribution >= 0.6 is 11.3 Å². The third-order valence-electron chi connectivity index (χ3n) is 2.97. The zero-order valence-electron chi connectivity index (χ0n) is 11.6. The van der Waals surface area contributed by atoms with Crippen LogP contribution in [0.5, 0.6) is 0 Å². The molecule has 2 heterocycles. The Hall–Kier alpha value is -1.01. The summed E-state index contributed by atoms with van der Waals surface area (Å²) < 4.78 is 1.85. The maximum atomic E-state index is 6.08. The third kappa shape index (κ3) is 2.54. The fourth-order valence-corrected chi connectivity index (χ4v) is 2.55. The number of nitrogens with two attached hydrogens (primary N) is 1. The Morgan fingerprint density at radius 1 is 1.28 bits per heavy atom. The predicted molar refractivity (Wildman–Crippen MR) is 73.9 cm³/mol. The lowest BCUT2D eigenvalue weighted by atomic mass is 9.96. The molecular formula is C12H21N5S. The first-order valence-electron chi connectivity index (χ1n) is 6.26. The summed E-state index contributed by atoms with van der Waals surface area (Å²) in [6.45, 7) is 10.6. The molecule has 0 aliphatic rings. The fraction of sp³-hybridized carbons (Fsp3) is 0.750. The van der Waals surface area contributed by atoms with Gasteiger partial charge < -0.3 is 5.73 Å². The zero-order valence-corrected chi connectivity index (χ0v) is 12.5. The maximum absolute atomic E-state index is 6.08. The SMILES string of the molecule is CC(C)C(N)Cc1nn2c(C(C)(C)C)nnc2s1. The molecule has 0 fully saturated rings. The predicted octanol–water partition coefficient (Wildman–Crippen LogP) is 2.01. The summed E-state index contributed by atoms with van der Waals surface area (Å²) in [7, 11) is 0. The van der Waals surface area contributed by atoms with Crippen LogP contribution in [0.2, 0.25) is 0 Å². The molecule has 0 aliphatic carbocycles. The smallest absolute Gasteiger partial charge is 0.234 e. The average molecular weight is 267 g/mol. The number of aromatic nitrogens is 4. The van der Waals surface area contributed by atoms with Crippen molar-refractivity contribution in [2.24, 2.45) is 11.7 Å². The molecule has 2 N–H and O–H groups in total. The highest BCUT2D eigenvalue weighted by atomic mass is 32.1. The van der Waals surface area contributed by atoms with Crippen LogP contribution in [-0.4, -0.2) is 25.9 Å². The van der Waals surface area contributed by atoms with Crippen molar-refractivity contribution in [3.63, 3.8) is 0 Å². The Kier molecular flexibility index (Phi) is 3.42. The van der Waals surface area contributed by atoms with E-state index in [9.17, 15) is 0 Å². The molecule has 0 bridgehead atoms. The van der Waals surface area contributed by atoms with Crippen molar-refractivity contribution < 1.29 is 0 Å². The molecule has 2 rings (SSSR count). The Bertz CT molecular complexity index is 534. The van der Waals surface area contributed by atoms with E-state index < -0.39 is 0 Å². The Morgan fingerprint density at radius 2 is 1.94 bits per heavy atom. The van der Waals surface area contributed by atoms with Gasteiger partial charge in [0.15, 0.2) is 5.82 Å². The van der Waals surface area contributed by atoms with Crippen LogP contribution in [0.25, 0.3) is 4.96 Å². The average Bonchev–Trinajstić information content (AvgIpc) is 2.73. The van der Waals surface area contributed by atoms with Crippen LogP contribution in [0.4, 0.5) is 0 Å².